The molecule has 0 aromatic heterocycles. The topological polar surface area (TPSA) is 104 Å². The first-order valence-corrected chi connectivity index (χ1v) is 6.22. The number of rotatable bonds is 4. The van der Waals surface area contributed by atoms with E-state index in [9.17, 15) is 19.5 Å². The first-order valence-electron chi connectivity index (χ1n) is 6.22. The molecule has 1 aliphatic heterocycles. The van der Waals surface area contributed by atoms with E-state index in [1.54, 1.807) is 0 Å². The molecule has 0 saturated carbocycles. The standard InChI is InChI=1S/C12H21N3O4/c1-8(2)12(10(17)18)4-5-15(7-12)11(19)14(3)6-9(13)16/h8H,4-7H2,1-3H3,(H2,13,16)(H,17,18). The maximum Gasteiger partial charge on any atom is 0.320 e. The highest BCUT2D eigenvalue weighted by molar-refractivity contribution is 5.84. The minimum absolute atomic E-state index is 0.0655. The first kappa shape index (κ1) is 15.3. The Bertz CT molecular complexity index is 396. The van der Waals surface area contributed by atoms with E-state index >= 15 is 0 Å². The lowest BCUT2D eigenvalue weighted by Crippen LogP contribution is -2.46. The number of likely N-dealkylation sites (N-methyl/N-ethyl adjacent to an activating group) is 1. The highest BCUT2D eigenvalue weighted by Gasteiger charge is 2.48. The van der Waals surface area contributed by atoms with Crippen molar-refractivity contribution in [3.05, 3.63) is 0 Å². The molecule has 0 bridgehead atoms. The molecule has 1 rings (SSSR count). The number of urea groups is 1. The average molecular weight is 271 g/mol. The molecule has 108 valence electrons. The fourth-order valence-corrected chi connectivity index (χ4v) is 2.43. The van der Waals surface area contributed by atoms with Crippen LogP contribution in [0.25, 0.3) is 0 Å². The summed E-state index contributed by atoms with van der Waals surface area (Å²) >= 11 is 0. The minimum atomic E-state index is -0.900. The summed E-state index contributed by atoms with van der Waals surface area (Å²) in [6.07, 6.45) is 0.427. The van der Waals surface area contributed by atoms with Crippen LogP contribution in [0.15, 0.2) is 0 Å². The number of hydrogen-bond acceptors (Lipinski definition) is 3. The van der Waals surface area contributed by atoms with E-state index in [0.29, 0.717) is 13.0 Å². The Hall–Kier alpha value is -1.79. The highest BCUT2D eigenvalue weighted by atomic mass is 16.4. The minimum Gasteiger partial charge on any atom is -0.481 e. The number of carbonyl (C=O) groups excluding carboxylic acids is 2. The van der Waals surface area contributed by atoms with Gasteiger partial charge in [0.15, 0.2) is 0 Å². The lowest BCUT2D eigenvalue weighted by atomic mass is 9.76. The Morgan fingerprint density at radius 3 is 2.37 bits per heavy atom. The van der Waals surface area contributed by atoms with Gasteiger partial charge in [0.25, 0.3) is 0 Å². The largest absolute Gasteiger partial charge is 0.481 e. The molecule has 1 heterocycles. The number of likely N-dealkylation sites (tertiary alicyclic amines) is 1. The molecule has 7 nitrogen and oxygen atoms in total. The highest BCUT2D eigenvalue weighted by Crippen LogP contribution is 2.38. The predicted octanol–water partition coefficient (Wildman–Crippen LogP) is -0.0438. The van der Waals surface area contributed by atoms with Gasteiger partial charge in [-0.2, -0.15) is 0 Å². The second-order valence-corrected chi connectivity index (χ2v) is 5.39. The van der Waals surface area contributed by atoms with Crippen molar-refractivity contribution in [2.45, 2.75) is 20.3 Å². The zero-order valence-corrected chi connectivity index (χ0v) is 11.5. The van der Waals surface area contributed by atoms with E-state index in [1.807, 2.05) is 13.8 Å². The molecule has 1 saturated heterocycles. The zero-order chi connectivity index (χ0) is 14.8. The summed E-state index contributed by atoms with van der Waals surface area (Å²) in [5, 5.41) is 9.39. The van der Waals surface area contributed by atoms with Crippen molar-refractivity contribution in [2.24, 2.45) is 17.1 Å². The normalized spacial score (nSPS) is 22.6. The lowest BCUT2D eigenvalue weighted by Gasteiger charge is -2.29. The molecular formula is C12H21N3O4. The van der Waals surface area contributed by atoms with E-state index in [1.165, 1.54) is 16.8 Å². The van der Waals surface area contributed by atoms with Gasteiger partial charge in [-0.3, -0.25) is 9.59 Å². The molecular weight excluding hydrogens is 250 g/mol. The molecule has 1 aliphatic rings. The molecule has 19 heavy (non-hydrogen) atoms. The second-order valence-electron chi connectivity index (χ2n) is 5.39. The van der Waals surface area contributed by atoms with Crippen molar-refractivity contribution < 1.29 is 19.5 Å². The van der Waals surface area contributed by atoms with Gasteiger partial charge in [-0.25, -0.2) is 4.79 Å². The van der Waals surface area contributed by atoms with Crippen LogP contribution in [0, 0.1) is 11.3 Å². The van der Waals surface area contributed by atoms with Crippen LogP contribution in [0.5, 0.6) is 0 Å². The van der Waals surface area contributed by atoms with Gasteiger partial charge in [-0.1, -0.05) is 13.8 Å². The number of carbonyl (C=O) groups is 3. The van der Waals surface area contributed by atoms with Gasteiger partial charge in [0.1, 0.15) is 6.54 Å². The Morgan fingerprint density at radius 1 is 1.42 bits per heavy atom. The maximum absolute atomic E-state index is 12.1. The van der Waals surface area contributed by atoms with Crippen LogP contribution in [0.1, 0.15) is 20.3 Å². The molecule has 3 amide bonds. The summed E-state index contributed by atoms with van der Waals surface area (Å²) in [6, 6.07) is -0.359. The lowest BCUT2D eigenvalue weighted by molar-refractivity contribution is -0.150. The van der Waals surface area contributed by atoms with E-state index in [-0.39, 0.29) is 25.0 Å². The maximum atomic E-state index is 12.1. The Balaban J connectivity index is 2.77. The third-order valence-corrected chi connectivity index (χ3v) is 3.82. The number of nitrogens with two attached hydrogens (primary N) is 1. The van der Waals surface area contributed by atoms with Gasteiger partial charge >= 0.3 is 12.0 Å². The van der Waals surface area contributed by atoms with E-state index < -0.39 is 17.3 Å². The molecule has 0 aromatic carbocycles. The van der Waals surface area contributed by atoms with E-state index in [2.05, 4.69) is 0 Å². The summed E-state index contributed by atoms with van der Waals surface area (Å²) in [6.45, 7) is 4.07. The number of amides is 3. The summed E-state index contributed by atoms with van der Waals surface area (Å²) < 4.78 is 0. The number of aliphatic carboxylic acids is 1. The van der Waals surface area contributed by atoms with Crippen LogP contribution in [-0.4, -0.2) is 59.5 Å². The van der Waals surface area contributed by atoms with Crippen LogP contribution in [0.4, 0.5) is 4.79 Å². The second kappa shape index (κ2) is 5.46. The third-order valence-electron chi connectivity index (χ3n) is 3.82. The first-order chi connectivity index (χ1) is 8.70. The fraction of sp³-hybridized carbons (Fsp3) is 0.750. The van der Waals surface area contributed by atoms with Crippen LogP contribution < -0.4 is 5.73 Å². The average Bonchev–Trinajstić information content (AvgIpc) is 2.72. The van der Waals surface area contributed by atoms with Crippen molar-refractivity contribution in [2.75, 3.05) is 26.7 Å². The molecule has 0 spiro atoms. The Labute approximate surface area is 112 Å². The van der Waals surface area contributed by atoms with Crippen molar-refractivity contribution >= 4 is 17.9 Å². The number of carboxylic acids is 1. The molecule has 0 aromatic rings. The molecule has 1 fully saturated rings. The van der Waals surface area contributed by atoms with Crippen molar-refractivity contribution in [3.8, 4) is 0 Å². The van der Waals surface area contributed by atoms with Gasteiger partial charge in [-0.15, -0.1) is 0 Å². The summed E-state index contributed by atoms with van der Waals surface area (Å²) in [5.41, 5.74) is 4.13. The third kappa shape index (κ3) is 2.97. The van der Waals surface area contributed by atoms with Crippen molar-refractivity contribution in [1.82, 2.24) is 9.80 Å². The van der Waals surface area contributed by atoms with Gasteiger partial charge < -0.3 is 20.6 Å². The van der Waals surface area contributed by atoms with E-state index in [0.717, 1.165) is 0 Å². The number of carboxylic acid groups (broad SMARTS) is 1. The van der Waals surface area contributed by atoms with Crippen LogP contribution >= 0.6 is 0 Å². The smallest absolute Gasteiger partial charge is 0.320 e. The molecule has 0 radical (unpaired) electrons. The van der Waals surface area contributed by atoms with Crippen LogP contribution in [0.3, 0.4) is 0 Å². The van der Waals surface area contributed by atoms with Crippen molar-refractivity contribution in [3.63, 3.8) is 0 Å². The molecule has 1 unspecified atom stereocenters. The SMILES string of the molecule is CC(C)C1(C(=O)O)CCN(C(=O)N(C)CC(N)=O)C1. The number of nitrogens with zero attached hydrogens (tertiary/aromatic N) is 2. The summed E-state index contributed by atoms with van der Waals surface area (Å²) in [7, 11) is 1.48. The summed E-state index contributed by atoms with van der Waals surface area (Å²) in [5.74, 6) is -1.54. The van der Waals surface area contributed by atoms with Gasteiger partial charge in [0.05, 0.1) is 5.41 Å². The van der Waals surface area contributed by atoms with E-state index in [4.69, 9.17) is 5.73 Å². The quantitative estimate of drug-likeness (QED) is 0.748. The molecule has 0 aliphatic carbocycles. The fourth-order valence-electron chi connectivity index (χ4n) is 2.43. The zero-order valence-electron chi connectivity index (χ0n) is 11.5. The Morgan fingerprint density at radius 2 is 2.00 bits per heavy atom. The number of hydrogen-bond donors (Lipinski definition) is 2. The molecule has 3 N–H and O–H groups in total. The van der Waals surface area contributed by atoms with Gasteiger partial charge in [-0.05, 0) is 12.3 Å². The number of primary amides is 1. The molecule has 7 heteroatoms. The monoisotopic (exact) mass is 271 g/mol. The van der Waals surface area contributed by atoms with Gasteiger partial charge in [0.2, 0.25) is 5.91 Å². The molecule has 1 atom stereocenters. The van der Waals surface area contributed by atoms with Crippen molar-refractivity contribution in [1.29, 1.82) is 0 Å². The predicted molar refractivity (Wildman–Crippen MR) is 68.3 cm³/mol. The van der Waals surface area contributed by atoms with Gasteiger partial charge in [0, 0.05) is 20.1 Å². The van der Waals surface area contributed by atoms with Crippen LogP contribution in [-0.2, 0) is 9.59 Å². The van der Waals surface area contributed by atoms with Crippen LogP contribution in [0.2, 0.25) is 0 Å². The summed E-state index contributed by atoms with van der Waals surface area (Å²) in [4.78, 5) is 37.0. The Kier molecular flexibility index (Phi) is 4.39.